The summed E-state index contributed by atoms with van der Waals surface area (Å²) >= 11 is 6.29. The van der Waals surface area contributed by atoms with Gasteiger partial charge in [0.1, 0.15) is 5.69 Å². The smallest absolute Gasteiger partial charge is 0.280 e. The van der Waals surface area contributed by atoms with Crippen LogP contribution in [0.1, 0.15) is 32.3 Å². The van der Waals surface area contributed by atoms with Gasteiger partial charge in [0.25, 0.3) is 5.91 Å². The first-order valence-corrected chi connectivity index (χ1v) is 10.1. The number of nitrogens with zero attached hydrogens (tertiary/aromatic N) is 2. The Morgan fingerprint density at radius 1 is 1.06 bits per heavy atom. The second-order valence-corrected chi connectivity index (χ2v) is 7.42. The Morgan fingerprint density at radius 2 is 1.67 bits per heavy atom. The van der Waals surface area contributed by atoms with Crippen LogP contribution in [0.5, 0.6) is 11.5 Å². The lowest BCUT2D eigenvalue weighted by molar-refractivity contribution is -0.114. The third-order valence-corrected chi connectivity index (χ3v) is 5.05. The number of rotatable bonds is 7. The molecule has 0 aromatic heterocycles. The van der Waals surface area contributed by atoms with Crippen LogP contribution in [0.15, 0.2) is 22.8 Å². The summed E-state index contributed by atoms with van der Waals surface area (Å²) in [6, 6.07) is 2.99. The van der Waals surface area contributed by atoms with Crippen LogP contribution in [0.25, 0.3) is 6.08 Å². The van der Waals surface area contributed by atoms with Crippen molar-refractivity contribution in [1.29, 1.82) is 0 Å². The molecule has 3 rings (SSSR count). The summed E-state index contributed by atoms with van der Waals surface area (Å²) < 4.78 is 79.8. The number of benzene rings is 2. The molecule has 0 spiro atoms. The van der Waals surface area contributed by atoms with Gasteiger partial charge < -0.3 is 9.47 Å². The van der Waals surface area contributed by atoms with Gasteiger partial charge in [-0.05, 0) is 37.1 Å². The topological polar surface area (TPSA) is 51.1 Å². The van der Waals surface area contributed by atoms with Crippen LogP contribution >= 0.6 is 11.6 Å². The van der Waals surface area contributed by atoms with Gasteiger partial charge in [-0.2, -0.15) is 10.1 Å². The molecule has 5 nitrogen and oxygen atoms in total. The lowest BCUT2D eigenvalue weighted by atomic mass is 10.1. The van der Waals surface area contributed by atoms with Crippen molar-refractivity contribution in [3.8, 4) is 11.5 Å². The number of methoxy groups -OCH3 is 1. The highest BCUT2D eigenvalue weighted by Gasteiger charge is 2.37. The maximum atomic E-state index is 14.2. The number of carbonyl (C=O) groups is 1. The number of halogens is 6. The molecule has 1 aliphatic rings. The van der Waals surface area contributed by atoms with Gasteiger partial charge in [-0.1, -0.05) is 24.9 Å². The van der Waals surface area contributed by atoms with Crippen molar-refractivity contribution in [2.45, 2.75) is 26.7 Å². The molecular formula is C22H18ClF5N2O3. The van der Waals surface area contributed by atoms with Gasteiger partial charge in [-0.3, -0.25) is 4.79 Å². The third kappa shape index (κ3) is 4.52. The third-order valence-electron chi connectivity index (χ3n) is 4.77. The van der Waals surface area contributed by atoms with Crippen molar-refractivity contribution < 1.29 is 36.2 Å². The van der Waals surface area contributed by atoms with E-state index in [-0.39, 0.29) is 27.1 Å². The largest absolute Gasteiger partial charge is 0.493 e. The molecule has 0 fully saturated rings. The Bertz CT molecular complexity index is 1150. The minimum atomic E-state index is -2.33. The fraction of sp³-hybridized carbons (Fsp3) is 0.273. The van der Waals surface area contributed by atoms with Crippen LogP contribution in [-0.2, 0) is 4.79 Å². The maximum absolute atomic E-state index is 14.2. The molecule has 0 radical (unpaired) electrons. The molecule has 33 heavy (non-hydrogen) atoms. The zero-order valence-corrected chi connectivity index (χ0v) is 18.5. The van der Waals surface area contributed by atoms with E-state index in [9.17, 15) is 26.7 Å². The monoisotopic (exact) mass is 488 g/mol. The van der Waals surface area contributed by atoms with E-state index in [1.807, 2.05) is 6.92 Å². The predicted octanol–water partition coefficient (Wildman–Crippen LogP) is 6.03. The quantitative estimate of drug-likeness (QED) is 0.157. The van der Waals surface area contributed by atoms with Gasteiger partial charge in [0.15, 0.2) is 34.8 Å². The number of unbranched alkanes of at least 4 members (excludes halogenated alkanes) is 1. The number of carbonyl (C=O) groups excluding carboxylic acids is 1. The summed E-state index contributed by atoms with van der Waals surface area (Å²) in [6.45, 7) is 3.75. The standard InChI is InChI=1S/C22H18ClF5N2O3/c1-4-5-6-33-21-13(23)8-11(9-14(21)32-3)7-12-10(2)29-30(22(12)31)20-18(27)16(25)15(24)17(26)19(20)28/h7-9H,4-6H2,1-3H3/b12-7+. The summed E-state index contributed by atoms with van der Waals surface area (Å²) in [5, 5.41) is 4.02. The van der Waals surface area contributed by atoms with E-state index in [1.54, 1.807) is 0 Å². The maximum Gasteiger partial charge on any atom is 0.280 e. The minimum Gasteiger partial charge on any atom is -0.493 e. The Balaban J connectivity index is 2.01. The van der Waals surface area contributed by atoms with E-state index in [2.05, 4.69) is 5.10 Å². The van der Waals surface area contributed by atoms with Crippen molar-refractivity contribution in [1.82, 2.24) is 0 Å². The fourth-order valence-electron chi connectivity index (χ4n) is 3.06. The molecule has 1 amide bonds. The zero-order chi connectivity index (χ0) is 24.4. The van der Waals surface area contributed by atoms with Gasteiger partial charge in [0, 0.05) is 0 Å². The van der Waals surface area contributed by atoms with Crippen LogP contribution in [0.3, 0.4) is 0 Å². The van der Waals surface area contributed by atoms with Crippen LogP contribution in [-0.4, -0.2) is 25.3 Å². The average molecular weight is 489 g/mol. The summed E-state index contributed by atoms with van der Waals surface area (Å²) in [5.74, 6) is -11.5. The van der Waals surface area contributed by atoms with E-state index in [0.717, 1.165) is 12.8 Å². The van der Waals surface area contributed by atoms with Crippen molar-refractivity contribution in [3.05, 3.63) is 57.4 Å². The van der Waals surface area contributed by atoms with Crippen molar-refractivity contribution in [2.24, 2.45) is 5.10 Å². The van der Waals surface area contributed by atoms with Gasteiger partial charge in [-0.15, -0.1) is 0 Å². The zero-order valence-electron chi connectivity index (χ0n) is 17.7. The van der Waals surface area contributed by atoms with Gasteiger partial charge in [0.05, 0.1) is 30.0 Å². The second-order valence-electron chi connectivity index (χ2n) is 7.02. The van der Waals surface area contributed by atoms with Crippen molar-refractivity contribution >= 4 is 35.0 Å². The molecule has 1 aliphatic heterocycles. The first-order valence-electron chi connectivity index (χ1n) is 9.75. The van der Waals surface area contributed by atoms with Crippen molar-refractivity contribution in [3.63, 3.8) is 0 Å². The molecule has 0 saturated heterocycles. The Hall–Kier alpha value is -3.14. The van der Waals surface area contributed by atoms with E-state index in [4.69, 9.17) is 21.1 Å². The summed E-state index contributed by atoms with van der Waals surface area (Å²) in [6.07, 6.45) is 3.00. The number of amides is 1. The molecule has 0 unspecified atom stereocenters. The average Bonchev–Trinajstić information content (AvgIpc) is 3.05. The molecule has 2 aromatic rings. The Morgan fingerprint density at radius 3 is 2.24 bits per heavy atom. The molecular weight excluding hydrogens is 471 g/mol. The van der Waals surface area contributed by atoms with Gasteiger partial charge in [-0.25, -0.2) is 22.0 Å². The number of anilines is 1. The Kier molecular flexibility index (Phi) is 7.26. The highest BCUT2D eigenvalue weighted by atomic mass is 35.5. The molecule has 2 aromatic carbocycles. The number of ether oxygens (including phenoxy) is 2. The SMILES string of the molecule is CCCCOc1c(Cl)cc(/C=C2/C(=O)N(c3c(F)c(F)c(F)c(F)c3F)N=C2C)cc1OC. The summed E-state index contributed by atoms with van der Waals surface area (Å²) in [5.41, 5.74) is -1.26. The first kappa shape index (κ1) is 24.5. The normalized spacial score (nSPS) is 14.8. The lowest BCUT2D eigenvalue weighted by Gasteiger charge is -2.15. The number of hydrogen-bond donors (Lipinski definition) is 0. The minimum absolute atomic E-state index is 0.0118. The summed E-state index contributed by atoms with van der Waals surface area (Å²) in [4.78, 5) is 12.8. The van der Waals surface area contributed by atoms with E-state index >= 15 is 0 Å². The predicted molar refractivity (Wildman–Crippen MR) is 113 cm³/mol. The molecule has 0 bridgehead atoms. The molecule has 0 saturated carbocycles. The van der Waals surface area contributed by atoms with Crippen LogP contribution < -0.4 is 14.5 Å². The molecule has 1 heterocycles. The van der Waals surface area contributed by atoms with E-state index < -0.39 is 40.7 Å². The molecule has 0 atom stereocenters. The van der Waals surface area contributed by atoms with Crippen molar-refractivity contribution in [2.75, 3.05) is 18.7 Å². The molecule has 176 valence electrons. The van der Waals surface area contributed by atoms with Crippen LogP contribution in [0, 0.1) is 29.1 Å². The Labute approximate surface area is 191 Å². The lowest BCUT2D eigenvalue weighted by Crippen LogP contribution is -2.25. The second kappa shape index (κ2) is 9.78. The first-order chi connectivity index (χ1) is 15.6. The van der Waals surface area contributed by atoms with Gasteiger partial charge >= 0.3 is 0 Å². The summed E-state index contributed by atoms with van der Waals surface area (Å²) in [7, 11) is 1.40. The molecule has 0 N–H and O–H groups in total. The van der Waals surface area contributed by atoms with Gasteiger partial charge in [0.2, 0.25) is 5.82 Å². The highest BCUT2D eigenvalue weighted by Crippen LogP contribution is 2.38. The van der Waals surface area contributed by atoms with E-state index in [1.165, 1.54) is 32.2 Å². The van der Waals surface area contributed by atoms with Crippen LogP contribution in [0.2, 0.25) is 5.02 Å². The highest BCUT2D eigenvalue weighted by molar-refractivity contribution is 6.33. The number of hydrogen-bond acceptors (Lipinski definition) is 4. The molecule has 11 heteroatoms. The molecule has 0 aliphatic carbocycles. The number of hydrazone groups is 1. The van der Waals surface area contributed by atoms with E-state index in [0.29, 0.717) is 17.9 Å². The fourth-order valence-corrected chi connectivity index (χ4v) is 3.34. The van der Waals surface area contributed by atoms with Crippen LogP contribution in [0.4, 0.5) is 27.6 Å².